The van der Waals surface area contributed by atoms with Crippen LogP contribution in [0.3, 0.4) is 0 Å². The normalized spacial score (nSPS) is 16.2. The Morgan fingerprint density at radius 3 is 2.36 bits per heavy atom. The summed E-state index contributed by atoms with van der Waals surface area (Å²) in [5.74, 6) is 1.16. The summed E-state index contributed by atoms with van der Waals surface area (Å²) in [4.78, 5) is 12.4. The molecule has 22 heavy (non-hydrogen) atoms. The predicted octanol–water partition coefficient (Wildman–Crippen LogP) is 2.64. The molecule has 1 saturated heterocycles. The molecule has 1 aliphatic rings. The summed E-state index contributed by atoms with van der Waals surface area (Å²) < 4.78 is 16.2. The summed E-state index contributed by atoms with van der Waals surface area (Å²) in [6.07, 6.45) is 2.04. The molecule has 1 fully saturated rings. The zero-order chi connectivity index (χ0) is 16.2. The monoisotopic (exact) mass is 307 g/mol. The molecule has 0 saturated carbocycles. The Balaban J connectivity index is 2.10. The average molecular weight is 307 g/mol. The van der Waals surface area contributed by atoms with E-state index in [-0.39, 0.29) is 5.97 Å². The lowest BCUT2D eigenvalue weighted by Gasteiger charge is -2.36. The van der Waals surface area contributed by atoms with Gasteiger partial charge in [-0.15, -0.1) is 0 Å². The zero-order valence-corrected chi connectivity index (χ0v) is 13.8. The molecule has 0 radical (unpaired) electrons. The van der Waals surface area contributed by atoms with Crippen LogP contribution < -0.4 is 14.8 Å². The second-order valence-corrected chi connectivity index (χ2v) is 6.09. The summed E-state index contributed by atoms with van der Waals surface area (Å²) >= 11 is 0. The molecule has 0 aromatic heterocycles. The van der Waals surface area contributed by atoms with Crippen molar-refractivity contribution in [1.29, 1.82) is 0 Å². The topological polar surface area (TPSA) is 56.8 Å². The highest BCUT2D eigenvalue weighted by Gasteiger charge is 2.34. The van der Waals surface area contributed by atoms with Gasteiger partial charge in [0, 0.05) is 5.92 Å². The number of rotatable bonds is 5. The third kappa shape index (κ3) is 3.71. The van der Waals surface area contributed by atoms with Crippen LogP contribution in [-0.4, -0.2) is 38.9 Å². The molecule has 0 bridgehead atoms. The molecule has 1 N–H and O–H groups in total. The van der Waals surface area contributed by atoms with Crippen molar-refractivity contribution in [3.63, 3.8) is 0 Å². The molecule has 0 atom stereocenters. The average Bonchev–Trinajstić information content (AvgIpc) is 2.54. The number of piperidine rings is 1. The molecule has 5 nitrogen and oxygen atoms in total. The standard InChI is InChI=1S/C17H25NO4/c1-17(2,13-7-9-18-10-8-13)22-16(19)12-5-6-14(20-3)15(11-12)21-4/h5-6,11,13,18H,7-10H2,1-4H3. The molecular formula is C17H25NO4. The molecule has 5 heteroatoms. The van der Waals surface area contributed by atoms with Crippen molar-refractivity contribution in [3.8, 4) is 11.5 Å². The Morgan fingerprint density at radius 1 is 1.14 bits per heavy atom. The molecule has 1 heterocycles. The van der Waals surface area contributed by atoms with Crippen LogP contribution in [0.2, 0.25) is 0 Å². The third-order valence-corrected chi connectivity index (χ3v) is 4.30. The number of esters is 1. The van der Waals surface area contributed by atoms with Crippen LogP contribution in [-0.2, 0) is 4.74 Å². The lowest BCUT2D eigenvalue weighted by atomic mass is 9.83. The van der Waals surface area contributed by atoms with Crippen LogP contribution in [0.15, 0.2) is 18.2 Å². The highest BCUT2D eigenvalue weighted by molar-refractivity contribution is 5.90. The summed E-state index contributed by atoms with van der Waals surface area (Å²) in [5.41, 5.74) is -0.00791. The van der Waals surface area contributed by atoms with Gasteiger partial charge in [0.1, 0.15) is 5.60 Å². The maximum Gasteiger partial charge on any atom is 0.338 e. The van der Waals surface area contributed by atoms with Crippen molar-refractivity contribution in [2.24, 2.45) is 5.92 Å². The molecule has 0 amide bonds. The van der Waals surface area contributed by atoms with Crippen molar-refractivity contribution in [2.45, 2.75) is 32.3 Å². The molecular weight excluding hydrogens is 282 g/mol. The van der Waals surface area contributed by atoms with E-state index < -0.39 is 5.60 Å². The third-order valence-electron chi connectivity index (χ3n) is 4.30. The molecule has 1 aliphatic heterocycles. The Morgan fingerprint density at radius 2 is 1.77 bits per heavy atom. The first kappa shape index (κ1) is 16.6. The fourth-order valence-corrected chi connectivity index (χ4v) is 2.86. The first-order valence-electron chi connectivity index (χ1n) is 7.64. The van der Waals surface area contributed by atoms with E-state index in [1.807, 2.05) is 13.8 Å². The Bertz CT molecular complexity index is 521. The van der Waals surface area contributed by atoms with Crippen LogP contribution in [0.5, 0.6) is 11.5 Å². The van der Waals surface area contributed by atoms with Gasteiger partial charge in [-0.05, 0) is 58.0 Å². The highest BCUT2D eigenvalue weighted by Crippen LogP contribution is 2.32. The van der Waals surface area contributed by atoms with Crippen molar-refractivity contribution >= 4 is 5.97 Å². The SMILES string of the molecule is COc1ccc(C(=O)OC(C)(C)C2CCNCC2)cc1OC. The molecule has 1 aromatic rings. The second-order valence-electron chi connectivity index (χ2n) is 6.09. The number of hydrogen-bond donors (Lipinski definition) is 1. The van der Waals surface area contributed by atoms with Gasteiger partial charge in [0.2, 0.25) is 0 Å². The molecule has 0 unspecified atom stereocenters. The molecule has 1 aromatic carbocycles. The van der Waals surface area contributed by atoms with Gasteiger partial charge in [0.15, 0.2) is 11.5 Å². The van der Waals surface area contributed by atoms with Gasteiger partial charge >= 0.3 is 5.97 Å². The van der Waals surface area contributed by atoms with Crippen LogP contribution >= 0.6 is 0 Å². The molecule has 122 valence electrons. The van der Waals surface area contributed by atoms with E-state index in [1.54, 1.807) is 32.4 Å². The Labute approximate surface area is 131 Å². The van der Waals surface area contributed by atoms with E-state index in [4.69, 9.17) is 14.2 Å². The van der Waals surface area contributed by atoms with Gasteiger partial charge in [-0.25, -0.2) is 4.79 Å². The van der Waals surface area contributed by atoms with E-state index in [1.165, 1.54) is 0 Å². The lowest BCUT2D eigenvalue weighted by molar-refractivity contribution is -0.0368. The number of ether oxygens (including phenoxy) is 3. The van der Waals surface area contributed by atoms with Gasteiger partial charge in [-0.1, -0.05) is 0 Å². The fourth-order valence-electron chi connectivity index (χ4n) is 2.86. The van der Waals surface area contributed by atoms with Crippen LogP contribution in [0, 0.1) is 5.92 Å². The van der Waals surface area contributed by atoms with Crippen molar-refractivity contribution in [3.05, 3.63) is 23.8 Å². The minimum Gasteiger partial charge on any atom is -0.493 e. The number of benzene rings is 1. The molecule has 0 spiro atoms. The summed E-state index contributed by atoms with van der Waals surface area (Å²) in [6, 6.07) is 5.06. The van der Waals surface area contributed by atoms with Crippen LogP contribution in [0.4, 0.5) is 0 Å². The molecule has 0 aliphatic carbocycles. The van der Waals surface area contributed by atoms with E-state index in [0.717, 1.165) is 25.9 Å². The van der Waals surface area contributed by atoms with Crippen molar-refractivity contribution in [1.82, 2.24) is 5.32 Å². The lowest BCUT2D eigenvalue weighted by Crippen LogP contribution is -2.42. The first-order chi connectivity index (χ1) is 10.5. The van der Waals surface area contributed by atoms with E-state index >= 15 is 0 Å². The minimum atomic E-state index is -0.480. The quantitative estimate of drug-likeness (QED) is 0.848. The highest BCUT2D eigenvalue weighted by atomic mass is 16.6. The fraction of sp³-hybridized carbons (Fsp3) is 0.588. The smallest absolute Gasteiger partial charge is 0.338 e. The predicted molar refractivity (Wildman–Crippen MR) is 84.6 cm³/mol. The van der Waals surface area contributed by atoms with E-state index in [2.05, 4.69) is 5.32 Å². The Hall–Kier alpha value is -1.75. The second kappa shape index (κ2) is 7.01. The minimum absolute atomic E-state index is 0.329. The van der Waals surface area contributed by atoms with E-state index in [9.17, 15) is 4.79 Å². The maximum atomic E-state index is 12.4. The van der Waals surface area contributed by atoms with Gasteiger partial charge in [0.05, 0.1) is 19.8 Å². The largest absolute Gasteiger partial charge is 0.493 e. The van der Waals surface area contributed by atoms with E-state index in [0.29, 0.717) is 23.0 Å². The van der Waals surface area contributed by atoms with Crippen molar-refractivity contribution < 1.29 is 19.0 Å². The van der Waals surface area contributed by atoms with Gasteiger partial charge in [-0.3, -0.25) is 0 Å². The van der Waals surface area contributed by atoms with Crippen molar-refractivity contribution in [2.75, 3.05) is 27.3 Å². The first-order valence-corrected chi connectivity index (χ1v) is 7.64. The number of methoxy groups -OCH3 is 2. The van der Waals surface area contributed by atoms with Gasteiger partial charge < -0.3 is 19.5 Å². The molecule has 2 rings (SSSR count). The zero-order valence-electron chi connectivity index (χ0n) is 13.8. The maximum absolute atomic E-state index is 12.4. The number of nitrogens with one attached hydrogen (secondary N) is 1. The summed E-state index contributed by atoms with van der Waals surface area (Å²) in [5, 5.41) is 3.33. The van der Waals surface area contributed by atoms with Crippen LogP contribution in [0.25, 0.3) is 0 Å². The number of carbonyl (C=O) groups is 1. The Kier molecular flexibility index (Phi) is 5.29. The number of hydrogen-bond acceptors (Lipinski definition) is 5. The summed E-state index contributed by atoms with van der Waals surface area (Å²) in [7, 11) is 3.11. The number of carbonyl (C=O) groups excluding carboxylic acids is 1. The van der Waals surface area contributed by atoms with Gasteiger partial charge in [0.25, 0.3) is 0 Å². The summed E-state index contributed by atoms with van der Waals surface area (Å²) in [6.45, 7) is 5.92. The van der Waals surface area contributed by atoms with Crippen LogP contribution in [0.1, 0.15) is 37.0 Å². The van der Waals surface area contributed by atoms with Gasteiger partial charge in [-0.2, -0.15) is 0 Å².